The van der Waals surface area contributed by atoms with E-state index in [1.165, 1.54) is 4.90 Å². The summed E-state index contributed by atoms with van der Waals surface area (Å²) in [7, 11) is 0. The fourth-order valence-electron chi connectivity index (χ4n) is 2.50. The predicted octanol–water partition coefficient (Wildman–Crippen LogP) is 1.51. The fraction of sp³-hybridized carbons (Fsp3) is 0.667. The van der Waals surface area contributed by atoms with Crippen molar-refractivity contribution in [2.24, 2.45) is 0 Å². The van der Waals surface area contributed by atoms with Gasteiger partial charge in [-0.1, -0.05) is 5.57 Å². The van der Waals surface area contributed by atoms with Gasteiger partial charge in [-0.25, -0.2) is 9.18 Å². The Hall–Kier alpha value is -1.39. The first kappa shape index (κ1) is 12.1. The van der Waals surface area contributed by atoms with Crippen LogP contribution >= 0.6 is 0 Å². The second kappa shape index (κ2) is 4.13. The average Bonchev–Trinajstić information content (AvgIpc) is 2.85. The molecule has 1 aliphatic carbocycles. The van der Waals surface area contributed by atoms with E-state index in [1.807, 2.05) is 6.92 Å². The Balaban J connectivity index is 2.09. The fourth-order valence-corrected chi connectivity index (χ4v) is 2.50. The monoisotopic (exact) mass is 241 g/mol. The molecule has 1 heterocycles. The van der Waals surface area contributed by atoms with Gasteiger partial charge in [0.15, 0.2) is 0 Å². The van der Waals surface area contributed by atoms with Crippen LogP contribution in [0.15, 0.2) is 11.1 Å². The number of rotatable bonds is 2. The zero-order chi connectivity index (χ0) is 12.6. The van der Waals surface area contributed by atoms with Gasteiger partial charge in [0.05, 0.1) is 6.54 Å². The third-order valence-electron chi connectivity index (χ3n) is 3.64. The highest BCUT2D eigenvalue weighted by Gasteiger charge is 2.47. The number of carboxylic acid groups (broad SMARTS) is 1. The zero-order valence-corrected chi connectivity index (χ0v) is 9.83. The van der Waals surface area contributed by atoms with Crippen LogP contribution in [0.25, 0.3) is 0 Å². The number of nitrogens with zero attached hydrogens (tertiary/aromatic N) is 1. The van der Waals surface area contributed by atoms with E-state index in [9.17, 15) is 14.0 Å². The SMILES string of the molecule is CC1=C(C(=O)N2CCC(F)(C(=O)O)C2)CCC1. The number of hydrogen-bond donors (Lipinski definition) is 1. The van der Waals surface area contributed by atoms with Crippen molar-refractivity contribution >= 4 is 11.9 Å². The van der Waals surface area contributed by atoms with Crippen molar-refractivity contribution in [2.45, 2.75) is 38.3 Å². The molecule has 0 aromatic heterocycles. The quantitative estimate of drug-likeness (QED) is 0.797. The van der Waals surface area contributed by atoms with E-state index >= 15 is 0 Å². The highest BCUT2D eigenvalue weighted by molar-refractivity contribution is 5.95. The van der Waals surface area contributed by atoms with Crippen LogP contribution in [0.2, 0.25) is 0 Å². The van der Waals surface area contributed by atoms with Crippen LogP contribution in [0.5, 0.6) is 0 Å². The lowest BCUT2D eigenvalue weighted by atomic mass is 10.1. The molecule has 1 fully saturated rings. The predicted molar refractivity (Wildman–Crippen MR) is 59.2 cm³/mol. The molecular weight excluding hydrogens is 225 g/mol. The molecule has 1 aliphatic heterocycles. The second-order valence-corrected chi connectivity index (χ2v) is 4.86. The molecule has 1 unspecified atom stereocenters. The molecule has 1 N–H and O–H groups in total. The maximum absolute atomic E-state index is 13.8. The Labute approximate surface area is 99.1 Å². The minimum atomic E-state index is -2.26. The lowest BCUT2D eigenvalue weighted by Gasteiger charge is -2.18. The molecule has 0 radical (unpaired) electrons. The number of amides is 1. The van der Waals surface area contributed by atoms with Crippen molar-refractivity contribution in [1.29, 1.82) is 0 Å². The van der Waals surface area contributed by atoms with Gasteiger partial charge in [-0.2, -0.15) is 0 Å². The Morgan fingerprint density at radius 1 is 1.41 bits per heavy atom. The summed E-state index contributed by atoms with van der Waals surface area (Å²) in [5, 5.41) is 8.76. The van der Waals surface area contributed by atoms with E-state index in [1.54, 1.807) is 0 Å². The minimum Gasteiger partial charge on any atom is -0.479 e. The number of hydrogen-bond acceptors (Lipinski definition) is 2. The summed E-state index contributed by atoms with van der Waals surface area (Å²) in [6, 6.07) is 0. The number of carbonyl (C=O) groups is 2. The summed E-state index contributed by atoms with van der Waals surface area (Å²) in [5.74, 6) is -1.65. The van der Waals surface area contributed by atoms with E-state index < -0.39 is 11.6 Å². The highest BCUT2D eigenvalue weighted by atomic mass is 19.1. The van der Waals surface area contributed by atoms with Gasteiger partial charge in [0.1, 0.15) is 0 Å². The van der Waals surface area contributed by atoms with Gasteiger partial charge in [0.2, 0.25) is 11.6 Å². The minimum absolute atomic E-state index is 0.111. The molecule has 0 saturated carbocycles. The molecule has 0 bridgehead atoms. The number of alkyl halides is 1. The molecule has 1 saturated heterocycles. The largest absolute Gasteiger partial charge is 0.479 e. The molecule has 0 spiro atoms. The topological polar surface area (TPSA) is 57.6 Å². The van der Waals surface area contributed by atoms with E-state index in [0.29, 0.717) is 0 Å². The lowest BCUT2D eigenvalue weighted by Crippen LogP contribution is -2.39. The van der Waals surface area contributed by atoms with Crippen LogP contribution in [-0.4, -0.2) is 40.6 Å². The molecule has 0 aromatic rings. The van der Waals surface area contributed by atoms with Crippen molar-refractivity contribution in [3.05, 3.63) is 11.1 Å². The maximum atomic E-state index is 13.8. The lowest BCUT2D eigenvalue weighted by molar-refractivity contribution is -0.150. The van der Waals surface area contributed by atoms with Gasteiger partial charge in [-0.05, 0) is 26.2 Å². The van der Waals surface area contributed by atoms with Crippen molar-refractivity contribution in [3.63, 3.8) is 0 Å². The molecule has 1 atom stereocenters. The van der Waals surface area contributed by atoms with Gasteiger partial charge < -0.3 is 10.0 Å². The van der Waals surface area contributed by atoms with E-state index in [-0.39, 0.29) is 25.4 Å². The van der Waals surface area contributed by atoms with Gasteiger partial charge in [-0.15, -0.1) is 0 Å². The Bertz CT molecular complexity index is 405. The van der Waals surface area contributed by atoms with Crippen LogP contribution in [-0.2, 0) is 9.59 Å². The summed E-state index contributed by atoms with van der Waals surface area (Å²) >= 11 is 0. The Kier molecular flexibility index (Phi) is 2.93. The number of likely N-dealkylation sites (tertiary alicyclic amines) is 1. The van der Waals surface area contributed by atoms with Gasteiger partial charge >= 0.3 is 5.97 Å². The maximum Gasteiger partial charge on any atom is 0.343 e. The summed E-state index contributed by atoms with van der Waals surface area (Å²) in [5.41, 5.74) is -0.454. The number of carbonyl (C=O) groups excluding carboxylic acids is 1. The smallest absolute Gasteiger partial charge is 0.343 e. The molecule has 94 valence electrons. The van der Waals surface area contributed by atoms with Crippen molar-refractivity contribution in [2.75, 3.05) is 13.1 Å². The van der Waals surface area contributed by atoms with E-state index in [2.05, 4.69) is 0 Å². The van der Waals surface area contributed by atoms with E-state index in [0.717, 1.165) is 30.4 Å². The van der Waals surface area contributed by atoms with Crippen molar-refractivity contribution < 1.29 is 19.1 Å². The molecule has 0 aromatic carbocycles. The number of allylic oxidation sites excluding steroid dienone is 1. The summed E-state index contributed by atoms with van der Waals surface area (Å²) < 4.78 is 13.8. The first-order valence-electron chi connectivity index (χ1n) is 5.84. The molecule has 2 rings (SSSR count). The van der Waals surface area contributed by atoms with Crippen LogP contribution < -0.4 is 0 Å². The second-order valence-electron chi connectivity index (χ2n) is 4.86. The number of aliphatic carboxylic acids is 1. The first-order chi connectivity index (χ1) is 7.94. The summed E-state index contributed by atoms with van der Waals surface area (Å²) in [4.78, 5) is 24.2. The standard InChI is InChI=1S/C12H16FNO3/c1-8-3-2-4-9(8)10(15)14-6-5-12(13,7-14)11(16)17/h2-7H2,1H3,(H,16,17). The Morgan fingerprint density at radius 3 is 2.59 bits per heavy atom. The van der Waals surface area contributed by atoms with Crippen molar-refractivity contribution in [3.8, 4) is 0 Å². The molecule has 4 nitrogen and oxygen atoms in total. The highest BCUT2D eigenvalue weighted by Crippen LogP contribution is 2.31. The van der Waals surface area contributed by atoms with Crippen LogP contribution in [0.3, 0.4) is 0 Å². The van der Waals surface area contributed by atoms with Crippen molar-refractivity contribution in [1.82, 2.24) is 4.90 Å². The van der Waals surface area contributed by atoms with Crippen LogP contribution in [0.4, 0.5) is 4.39 Å². The number of halogens is 1. The van der Waals surface area contributed by atoms with Gasteiger partial charge in [0, 0.05) is 18.5 Å². The molecular formula is C12H16FNO3. The van der Waals surface area contributed by atoms with E-state index in [4.69, 9.17) is 5.11 Å². The molecule has 2 aliphatic rings. The Morgan fingerprint density at radius 2 is 2.12 bits per heavy atom. The average molecular weight is 241 g/mol. The molecule has 5 heteroatoms. The summed E-state index contributed by atoms with van der Waals surface area (Å²) in [6.07, 6.45) is 2.49. The normalized spacial score (nSPS) is 28.9. The third-order valence-corrected chi connectivity index (χ3v) is 3.64. The van der Waals surface area contributed by atoms with Gasteiger partial charge in [0.25, 0.3) is 0 Å². The zero-order valence-electron chi connectivity index (χ0n) is 9.83. The first-order valence-corrected chi connectivity index (χ1v) is 5.84. The molecule has 1 amide bonds. The number of carboxylic acids is 1. The van der Waals surface area contributed by atoms with Gasteiger partial charge in [-0.3, -0.25) is 4.79 Å². The summed E-state index contributed by atoms with van der Waals surface area (Å²) in [6.45, 7) is 1.78. The van der Waals surface area contributed by atoms with Crippen LogP contribution in [0.1, 0.15) is 32.6 Å². The molecule has 17 heavy (non-hydrogen) atoms. The van der Waals surface area contributed by atoms with Crippen LogP contribution in [0, 0.1) is 0 Å². The third kappa shape index (κ3) is 2.06.